The van der Waals surface area contributed by atoms with Gasteiger partial charge >= 0.3 is 0 Å². The number of rotatable bonds is 2. The minimum absolute atomic E-state index is 0.0391. The van der Waals surface area contributed by atoms with E-state index in [2.05, 4.69) is 30.7 Å². The Bertz CT molecular complexity index is 242. The molecule has 2 atom stereocenters. The fourth-order valence-corrected chi connectivity index (χ4v) is 3.06. The lowest BCUT2D eigenvalue weighted by Gasteiger charge is -2.46. The first-order chi connectivity index (χ1) is 7.49. The van der Waals surface area contributed by atoms with Gasteiger partial charge in [0.25, 0.3) is 0 Å². The van der Waals surface area contributed by atoms with Crippen molar-refractivity contribution in [2.75, 3.05) is 33.2 Å². The van der Waals surface area contributed by atoms with Crippen LogP contribution < -0.4 is 0 Å². The zero-order chi connectivity index (χ0) is 11.8. The second kappa shape index (κ2) is 4.63. The summed E-state index contributed by atoms with van der Waals surface area (Å²) in [4.78, 5) is 4.98. The summed E-state index contributed by atoms with van der Waals surface area (Å²) in [7, 11) is 2.21. The van der Waals surface area contributed by atoms with Gasteiger partial charge in [0.1, 0.15) is 0 Å². The number of hydrogen-bond donors (Lipinski definition) is 1. The van der Waals surface area contributed by atoms with E-state index in [0.717, 1.165) is 32.6 Å². The standard InChI is InChI=1S/C13H26N2O/c1-13(2)10-15(8-7-14(13)3)9-11-5-4-6-12(11)16/h11-12,16H,4-10H2,1-3H3. The molecule has 16 heavy (non-hydrogen) atoms. The van der Waals surface area contributed by atoms with Crippen LogP contribution in [-0.4, -0.2) is 59.8 Å². The van der Waals surface area contributed by atoms with Gasteiger partial charge in [-0.2, -0.15) is 0 Å². The number of piperazine rings is 1. The third kappa shape index (κ3) is 2.58. The average Bonchev–Trinajstić information content (AvgIpc) is 2.58. The highest BCUT2D eigenvalue weighted by molar-refractivity contribution is 4.90. The lowest BCUT2D eigenvalue weighted by molar-refractivity contribution is 0.0184. The van der Waals surface area contributed by atoms with Crippen LogP contribution in [0, 0.1) is 5.92 Å². The zero-order valence-corrected chi connectivity index (χ0v) is 10.9. The van der Waals surface area contributed by atoms with Crippen LogP contribution in [0.2, 0.25) is 0 Å². The highest BCUT2D eigenvalue weighted by atomic mass is 16.3. The van der Waals surface area contributed by atoms with Crippen LogP contribution in [0.5, 0.6) is 0 Å². The Morgan fingerprint density at radius 3 is 2.56 bits per heavy atom. The van der Waals surface area contributed by atoms with Gasteiger partial charge in [0.2, 0.25) is 0 Å². The molecule has 2 unspecified atom stereocenters. The van der Waals surface area contributed by atoms with Crippen molar-refractivity contribution < 1.29 is 5.11 Å². The van der Waals surface area contributed by atoms with Gasteiger partial charge in [-0.15, -0.1) is 0 Å². The lowest BCUT2D eigenvalue weighted by Crippen LogP contribution is -2.58. The fourth-order valence-electron chi connectivity index (χ4n) is 3.06. The monoisotopic (exact) mass is 226 g/mol. The maximum absolute atomic E-state index is 9.86. The molecule has 2 rings (SSSR count). The predicted molar refractivity (Wildman–Crippen MR) is 66.5 cm³/mol. The Morgan fingerprint density at radius 2 is 2.00 bits per heavy atom. The Morgan fingerprint density at radius 1 is 1.25 bits per heavy atom. The van der Waals surface area contributed by atoms with Gasteiger partial charge in [-0.25, -0.2) is 0 Å². The molecule has 3 heteroatoms. The van der Waals surface area contributed by atoms with Crippen LogP contribution >= 0.6 is 0 Å². The molecule has 1 aliphatic carbocycles. The third-order valence-corrected chi connectivity index (χ3v) is 4.51. The van der Waals surface area contributed by atoms with Crippen molar-refractivity contribution in [3.05, 3.63) is 0 Å². The van der Waals surface area contributed by atoms with E-state index >= 15 is 0 Å². The summed E-state index contributed by atoms with van der Waals surface area (Å²) in [6.07, 6.45) is 3.40. The van der Waals surface area contributed by atoms with Crippen LogP contribution in [0.25, 0.3) is 0 Å². The van der Waals surface area contributed by atoms with E-state index in [1.807, 2.05) is 0 Å². The molecule has 2 aliphatic rings. The van der Waals surface area contributed by atoms with Gasteiger partial charge in [-0.3, -0.25) is 9.80 Å². The second-order valence-electron chi connectivity index (χ2n) is 6.23. The van der Waals surface area contributed by atoms with Crippen LogP contribution in [0.3, 0.4) is 0 Å². The minimum atomic E-state index is -0.0391. The van der Waals surface area contributed by atoms with Gasteiger partial charge in [0.05, 0.1) is 6.10 Å². The molecule has 2 fully saturated rings. The first kappa shape index (κ1) is 12.3. The quantitative estimate of drug-likeness (QED) is 0.766. The maximum Gasteiger partial charge on any atom is 0.0580 e. The fraction of sp³-hybridized carbons (Fsp3) is 1.00. The maximum atomic E-state index is 9.86. The molecule has 0 aromatic heterocycles. The Balaban J connectivity index is 1.87. The SMILES string of the molecule is CN1CCN(CC2CCCC2O)CC1(C)C. The largest absolute Gasteiger partial charge is 0.393 e. The molecular formula is C13H26N2O. The minimum Gasteiger partial charge on any atom is -0.393 e. The van der Waals surface area contributed by atoms with E-state index in [9.17, 15) is 5.11 Å². The molecule has 0 aromatic rings. The molecule has 0 radical (unpaired) electrons. The molecule has 1 N–H and O–H groups in total. The van der Waals surface area contributed by atoms with E-state index in [0.29, 0.717) is 5.92 Å². The molecule has 1 saturated carbocycles. The Kier molecular flexibility index (Phi) is 3.57. The van der Waals surface area contributed by atoms with Crippen molar-refractivity contribution in [2.45, 2.75) is 44.8 Å². The Labute approximate surface area is 99.4 Å². The van der Waals surface area contributed by atoms with Crippen molar-refractivity contribution in [1.82, 2.24) is 9.80 Å². The molecule has 0 bridgehead atoms. The van der Waals surface area contributed by atoms with Crippen molar-refractivity contribution >= 4 is 0 Å². The summed E-state index contributed by atoms with van der Waals surface area (Å²) in [5, 5.41) is 9.86. The summed E-state index contributed by atoms with van der Waals surface area (Å²) in [6.45, 7) is 9.15. The van der Waals surface area contributed by atoms with Gasteiger partial charge in [0.15, 0.2) is 0 Å². The average molecular weight is 226 g/mol. The topological polar surface area (TPSA) is 26.7 Å². The molecule has 0 aromatic carbocycles. The van der Waals surface area contributed by atoms with Gasteiger partial charge in [0, 0.05) is 31.7 Å². The summed E-state index contributed by atoms with van der Waals surface area (Å²) < 4.78 is 0. The van der Waals surface area contributed by atoms with Gasteiger partial charge < -0.3 is 5.11 Å². The molecular weight excluding hydrogens is 200 g/mol. The van der Waals surface area contributed by atoms with Gasteiger partial charge in [-0.05, 0) is 39.7 Å². The number of hydrogen-bond acceptors (Lipinski definition) is 3. The van der Waals surface area contributed by atoms with E-state index in [4.69, 9.17) is 0 Å². The molecule has 1 heterocycles. The van der Waals surface area contributed by atoms with Crippen molar-refractivity contribution in [3.63, 3.8) is 0 Å². The van der Waals surface area contributed by atoms with E-state index < -0.39 is 0 Å². The normalized spacial score (nSPS) is 36.8. The second-order valence-corrected chi connectivity index (χ2v) is 6.23. The van der Waals surface area contributed by atoms with Crippen LogP contribution in [0.15, 0.2) is 0 Å². The summed E-state index contributed by atoms with van der Waals surface area (Å²) in [6, 6.07) is 0. The van der Waals surface area contributed by atoms with Crippen molar-refractivity contribution in [3.8, 4) is 0 Å². The summed E-state index contributed by atoms with van der Waals surface area (Å²) >= 11 is 0. The zero-order valence-electron chi connectivity index (χ0n) is 10.9. The molecule has 0 amide bonds. The van der Waals surface area contributed by atoms with Crippen molar-refractivity contribution in [2.24, 2.45) is 5.92 Å². The van der Waals surface area contributed by atoms with Crippen LogP contribution in [0.4, 0.5) is 0 Å². The van der Waals surface area contributed by atoms with Crippen LogP contribution in [-0.2, 0) is 0 Å². The predicted octanol–water partition coefficient (Wildman–Crippen LogP) is 1.17. The molecule has 0 spiro atoms. The highest BCUT2D eigenvalue weighted by Gasteiger charge is 2.34. The lowest BCUT2D eigenvalue weighted by atomic mass is 9.97. The van der Waals surface area contributed by atoms with Gasteiger partial charge in [-0.1, -0.05) is 6.42 Å². The molecule has 1 aliphatic heterocycles. The molecule has 1 saturated heterocycles. The van der Waals surface area contributed by atoms with E-state index in [-0.39, 0.29) is 11.6 Å². The third-order valence-electron chi connectivity index (χ3n) is 4.51. The number of nitrogens with zero attached hydrogens (tertiary/aromatic N) is 2. The summed E-state index contributed by atoms with van der Waals surface area (Å²) in [5.41, 5.74) is 0.280. The number of aliphatic hydroxyl groups excluding tert-OH is 1. The first-order valence-electron chi connectivity index (χ1n) is 6.61. The van der Waals surface area contributed by atoms with E-state index in [1.165, 1.54) is 12.8 Å². The number of likely N-dealkylation sites (N-methyl/N-ethyl adjacent to an activating group) is 1. The highest BCUT2D eigenvalue weighted by Crippen LogP contribution is 2.28. The molecule has 3 nitrogen and oxygen atoms in total. The Hall–Kier alpha value is -0.120. The van der Waals surface area contributed by atoms with Crippen LogP contribution in [0.1, 0.15) is 33.1 Å². The summed E-state index contributed by atoms with van der Waals surface area (Å²) in [5.74, 6) is 0.527. The first-order valence-corrected chi connectivity index (χ1v) is 6.61. The number of aliphatic hydroxyl groups is 1. The molecule has 94 valence electrons. The van der Waals surface area contributed by atoms with Crippen molar-refractivity contribution in [1.29, 1.82) is 0 Å². The smallest absolute Gasteiger partial charge is 0.0580 e. The van der Waals surface area contributed by atoms with E-state index in [1.54, 1.807) is 0 Å².